The maximum Gasteiger partial charge on any atom is 0.417 e. The number of hydrogen-bond acceptors (Lipinski definition) is 6. The van der Waals surface area contributed by atoms with Crippen molar-refractivity contribution >= 4 is 76.2 Å². The number of anilines is 2. The van der Waals surface area contributed by atoms with Crippen LogP contribution in [0, 0.1) is 0 Å². The van der Waals surface area contributed by atoms with Crippen molar-refractivity contribution in [1.82, 2.24) is 13.9 Å². The van der Waals surface area contributed by atoms with Crippen LogP contribution in [0.5, 0.6) is 0 Å². The van der Waals surface area contributed by atoms with Crippen molar-refractivity contribution in [2.45, 2.75) is 31.0 Å². The highest BCUT2D eigenvalue weighted by atomic mass is 79.9. The van der Waals surface area contributed by atoms with Gasteiger partial charge in [0.2, 0.25) is 15.9 Å². The Morgan fingerprint density at radius 3 is 2.30 bits per heavy atom. The molecular weight excluding hydrogens is 759 g/mol. The number of aliphatic carboxylic acids is 1. The number of carboxylic acids is 1. The second kappa shape index (κ2) is 13.3. The van der Waals surface area contributed by atoms with Gasteiger partial charge in [0.15, 0.2) is 0 Å². The maximum atomic E-state index is 13.3. The van der Waals surface area contributed by atoms with Gasteiger partial charge in [0.1, 0.15) is 12.4 Å². The Morgan fingerprint density at radius 2 is 1.70 bits per heavy atom. The maximum absolute atomic E-state index is 13.3. The van der Waals surface area contributed by atoms with Gasteiger partial charge in [0.05, 0.1) is 10.5 Å². The van der Waals surface area contributed by atoms with Gasteiger partial charge in [-0.3, -0.25) is 9.59 Å². The first-order valence-electron chi connectivity index (χ1n) is 14.0. The fourth-order valence-electron chi connectivity index (χ4n) is 5.41. The molecule has 1 amide bonds. The highest BCUT2D eigenvalue weighted by Gasteiger charge is 2.33. The van der Waals surface area contributed by atoms with Crippen molar-refractivity contribution in [2.24, 2.45) is 0 Å². The summed E-state index contributed by atoms with van der Waals surface area (Å²) >= 11 is 6.73. The average molecular weight is 787 g/mol. The van der Waals surface area contributed by atoms with Gasteiger partial charge in [-0.05, 0) is 76.4 Å². The second-order valence-corrected chi connectivity index (χ2v) is 14.3. The van der Waals surface area contributed by atoms with Gasteiger partial charge in [-0.15, -0.1) is 0 Å². The highest BCUT2D eigenvalue weighted by molar-refractivity contribution is 9.10. The molecule has 46 heavy (non-hydrogen) atoms. The summed E-state index contributed by atoms with van der Waals surface area (Å²) < 4.78 is 69.0. The zero-order valence-corrected chi connectivity index (χ0v) is 28.3. The Bertz CT molecular complexity index is 1890. The number of hydrogen-bond donors (Lipinski definition) is 1. The third-order valence-electron chi connectivity index (χ3n) is 7.70. The SMILES string of the molecule is CC(=O)N1CCc2cc(Br)ccc21.O=C(O)Cn1ccc2cc(Br)c(S(=O)(=O)N3CCN(c4ccc(C(F)(F)F)cn4)CC3)cc21. The summed E-state index contributed by atoms with van der Waals surface area (Å²) in [4.78, 5) is 29.7. The van der Waals surface area contributed by atoms with Gasteiger partial charge in [0, 0.05) is 77.6 Å². The lowest BCUT2D eigenvalue weighted by Gasteiger charge is -2.34. The fourth-order valence-corrected chi connectivity index (χ4v) is 8.28. The van der Waals surface area contributed by atoms with Crippen molar-refractivity contribution in [2.75, 3.05) is 42.5 Å². The van der Waals surface area contributed by atoms with Gasteiger partial charge < -0.3 is 19.5 Å². The summed E-state index contributed by atoms with van der Waals surface area (Å²) in [5, 5.41) is 9.78. The molecule has 0 unspecified atom stereocenters. The van der Waals surface area contributed by atoms with Crippen LogP contribution in [0.25, 0.3) is 10.9 Å². The molecule has 2 aromatic carbocycles. The summed E-state index contributed by atoms with van der Waals surface area (Å²) in [5.41, 5.74) is 1.95. The quantitative estimate of drug-likeness (QED) is 0.273. The fraction of sp³-hybridized carbons (Fsp3) is 0.300. The number of piperazine rings is 1. The molecule has 2 aliphatic rings. The van der Waals surface area contributed by atoms with E-state index in [1.165, 1.54) is 26.6 Å². The van der Waals surface area contributed by atoms with Crippen LogP contribution in [0.2, 0.25) is 0 Å². The van der Waals surface area contributed by atoms with E-state index in [2.05, 4.69) is 42.9 Å². The van der Waals surface area contributed by atoms with Crippen LogP contribution in [0.1, 0.15) is 18.1 Å². The number of fused-ring (bicyclic) bond motifs is 2. The summed E-state index contributed by atoms with van der Waals surface area (Å²) in [7, 11) is -3.91. The number of pyridine rings is 1. The minimum atomic E-state index is -4.48. The summed E-state index contributed by atoms with van der Waals surface area (Å²) in [6.45, 7) is 2.87. The molecule has 0 spiro atoms. The zero-order chi connectivity index (χ0) is 33.4. The highest BCUT2D eigenvalue weighted by Crippen LogP contribution is 2.33. The molecule has 2 aliphatic heterocycles. The topological polar surface area (TPSA) is 116 Å². The van der Waals surface area contributed by atoms with Gasteiger partial charge in [0.25, 0.3) is 0 Å². The lowest BCUT2D eigenvalue weighted by atomic mass is 10.2. The van der Waals surface area contributed by atoms with E-state index in [1.807, 2.05) is 17.0 Å². The van der Waals surface area contributed by atoms with Crippen molar-refractivity contribution in [3.8, 4) is 0 Å². The molecule has 4 aromatic rings. The second-order valence-electron chi connectivity index (χ2n) is 10.7. The number of amides is 1. The third kappa shape index (κ3) is 7.24. The zero-order valence-electron chi connectivity index (χ0n) is 24.3. The van der Waals surface area contributed by atoms with E-state index in [4.69, 9.17) is 5.11 Å². The molecule has 0 bridgehead atoms. The van der Waals surface area contributed by atoms with Crippen molar-refractivity contribution in [3.05, 3.63) is 81.0 Å². The van der Waals surface area contributed by atoms with E-state index in [-0.39, 0.29) is 43.5 Å². The Labute approximate surface area is 279 Å². The smallest absolute Gasteiger partial charge is 0.417 e. The minimum Gasteiger partial charge on any atom is -0.480 e. The Balaban J connectivity index is 0.000000266. The summed E-state index contributed by atoms with van der Waals surface area (Å²) in [5.74, 6) is -0.581. The van der Waals surface area contributed by atoms with Gasteiger partial charge in [-0.25, -0.2) is 13.4 Å². The van der Waals surface area contributed by atoms with Gasteiger partial charge in [-0.2, -0.15) is 17.5 Å². The van der Waals surface area contributed by atoms with Gasteiger partial charge in [-0.1, -0.05) is 15.9 Å². The molecule has 0 aliphatic carbocycles. The van der Waals surface area contributed by atoms with Crippen LogP contribution in [0.3, 0.4) is 0 Å². The molecule has 4 heterocycles. The molecule has 16 heteroatoms. The van der Waals surface area contributed by atoms with E-state index in [1.54, 1.807) is 30.2 Å². The number of aromatic nitrogens is 2. The summed E-state index contributed by atoms with van der Waals surface area (Å²) in [6, 6.07) is 13.0. The van der Waals surface area contributed by atoms with Crippen LogP contribution in [0.15, 0.2) is 74.8 Å². The molecule has 1 fully saturated rings. The number of halogens is 5. The van der Waals surface area contributed by atoms with E-state index in [9.17, 15) is 31.2 Å². The van der Waals surface area contributed by atoms with Crippen LogP contribution < -0.4 is 9.80 Å². The molecule has 2 aromatic heterocycles. The molecule has 244 valence electrons. The van der Waals surface area contributed by atoms with E-state index < -0.39 is 27.7 Å². The van der Waals surface area contributed by atoms with E-state index in [0.29, 0.717) is 21.2 Å². The van der Waals surface area contributed by atoms with Crippen LogP contribution in [0.4, 0.5) is 24.7 Å². The Kier molecular flexibility index (Phi) is 9.82. The minimum absolute atomic E-state index is 0.0152. The van der Waals surface area contributed by atoms with Crippen molar-refractivity contribution in [3.63, 3.8) is 0 Å². The van der Waals surface area contributed by atoms with Crippen LogP contribution in [-0.4, -0.2) is 72.0 Å². The molecule has 1 saturated heterocycles. The molecular formula is C30H28Br2F3N5O5S. The van der Waals surface area contributed by atoms with E-state index in [0.717, 1.165) is 35.4 Å². The number of carbonyl (C=O) groups is 2. The lowest BCUT2D eigenvalue weighted by molar-refractivity contribution is -0.138. The number of alkyl halides is 3. The molecule has 0 radical (unpaired) electrons. The average Bonchev–Trinajstić information content (AvgIpc) is 3.59. The number of benzene rings is 2. The lowest BCUT2D eigenvalue weighted by Crippen LogP contribution is -2.49. The molecule has 1 N–H and O–H groups in total. The van der Waals surface area contributed by atoms with Crippen LogP contribution in [-0.2, 0) is 38.8 Å². The van der Waals surface area contributed by atoms with Crippen molar-refractivity contribution in [1.29, 1.82) is 0 Å². The monoisotopic (exact) mass is 785 g/mol. The van der Waals surface area contributed by atoms with Crippen molar-refractivity contribution < 1.29 is 36.3 Å². The first kappa shape index (κ1) is 33.9. The number of carbonyl (C=O) groups excluding carboxylic acids is 1. The van der Waals surface area contributed by atoms with E-state index >= 15 is 0 Å². The Morgan fingerprint density at radius 1 is 0.978 bits per heavy atom. The first-order valence-corrected chi connectivity index (χ1v) is 17.0. The molecule has 0 atom stereocenters. The molecule has 0 saturated carbocycles. The number of sulfonamides is 1. The predicted molar refractivity (Wildman–Crippen MR) is 173 cm³/mol. The Hall–Kier alpha value is -3.47. The number of carboxylic acid groups (broad SMARTS) is 1. The largest absolute Gasteiger partial charge is 0.480 e. The third-order valence-corrected chi connectivity index (χ3v) is 11.1. The van der Waals surface area contributed by atoms with Gasteiger partial charge >= 0.3 is 12.1 Å². The summed E-state index contributed by atoms with van der Waals surface area (Å²) in [6.07, 6.45) is -1.17. The molecule has 10 nitrogen and oxygen atoms in total. The number of nitrogens with zero attached hydrogens (tertiary/aromatic N) is 5. The number of rotatable bonds is 5. The normalized spacial score (nSPS) is 15.4. The standard InChI is InChI=1S/C20H18BrF3N4O4S.C10H10BrNO/c21-15-9-13-3-4-27(12-19(29)30)16(13)10-17(15)33(31,32)28-7-5-26(6-8-28)18-2-1-14(11-25-18)20(22,23)24;1-7(13)12-5-4-8-6-9(11)2-3-10(8)12/h1-4,9-11H,5-8,12H2,(H,29,30);2-3,6H,4-5H2,1H3. The molecule has 6 rings (SSSR count). The van der Waals surface area contributed by atoms with Crippen LogP contribution >= 0.6 is 31.9 Å². The predicted octanol–water partition coefficient (Wildman–Crippen LogP) is 5.77. The first-order chi connectivity index (χ1) is 21.6.